The summed E-state index contributed by atoms with van der Waals surface area (Å²) in [5, 5.41) is 0.448. The third kappa shape index (κ3) is 5.56. The predicted octanol–water partition coefficient (Wildman–Crippen LogP) is 3.06. The van der Waals surface area contributed by atoms with Crippen LogP contribution in [-0.2, 0) is 21.4 Å². The van der Waals surface area contributed by atoms with Gasteiger partial charge in [0, 0.05) is 17.6 Å². The Labute approximate surface area is 153 Å². The van der Waals surface area contributed by atoms with Crippen LogP contribution in [0.1, 0.15) is 19.4 Å². The molecule has 5 nitrogen and oxygen atoms in total. The summed E-state index contributed by atoms with van der Waals surface area (Å²) in [6.07, 6.45) is 0. The molecule has 1 amide bonds. The molecule has 134 valence electrons. The lowest BCUT2D eigenvalue weighted by Crippen LogP contribution is -2.43. The molecule has 2 aromatic carbocycles. The molecule has 2 aromatic rings. The van der Waals surface area contributed by atoms with E-state index in [0.717, 1.165) is 5.56 Å². The van der Waals surface area contributed by atoms with Crippen molar-refractivity contribution in [3.8, 4) is 0 Å². The molecule has 2 rings (SSSR count). The normalized spacial score (nSPS) is 11.5. The molecule has 0 radical (unpaired) electrons. The van der Waals surface area contributed by atoms with Gasteiger partial charge in [-0.25, -0.2) is 13.1 Å². The number of sulfonamides is 1. The highest BCUT2D eigenvalue weighted by Crippen LogP contribution is 2.14. The summed E-state index contributed by atoms with van der Waals surface area (Å²) in [6, 6.07) is 15.3. The van der Waals surface area contributed by atoms with Crippen molar-refractivity contribution in [2.45, 2.75) is 31.3 Å². The zero-order valence-corrected chi connectivity index (χ0v) is 15.7. The average molecular weight is 381 g/mol. The Morgan fingerprint density at radius 1 is 1.08 bits per heavy atom. The van der Waals surface area contributed by atoms with Crippen molar-refractivity contribution in [2.75, 3.05) is 6.54 Å². The first-order chi connectivity index (χ1) is 11.8. The predicted molar refractivity (Wildman–Crippen MR) is 98.8 cm³/mol. The molecule has 25 heavy (non-hydrogen) atoms. The number of nitrogens with zero attached hydrogens (tertiary/aromatic N) is 1. The quantitative estimate of drug-likeness (QED) is 0.802. The van der Waals surface area contributed by atoms with Crippen molar-refractivity contribution < 1.29 is 13.2 Å². The first kappa shape index (κ1) is 19.4. The van der Waals surface area contributed by atoms with E-state index in [4.69, 9.17) is 11.6 Å². The molecule has 0 atom stereocenters. The van der Waals surface area contributed by atoms with Gasteiger partial charge in [0.05, 0.1) is 11.4 Å². The van der Waals surface area contributed by atoms with Crippen LogP contribution in [0.3, 0.4) is 0 Å². The van der Waals surface area contributed by atoms with Crippen molar-refractivity contribution in [1.82, 2.24) is 9.62 Å². The molecule has 0 aliphatic heterocycles. The third-order valence-corrected chi connectivity index (χ3v) is 5.35. The molecule has 0 aliphatic carbocycles. The molecular weight excluding hydrogens is 360 g/mol. The summed E-state index contributed by atoms with van der Waals surface area (Å²) in [6.45, 7) is 3.93. The van der Waals surface area contributed by atoms with Gasteiger partial charge in [-0.3, -0.25) is 4.79 Å². The molecule has 0 heterocycles. The van der Waals surface area contributed by atoms with Gasteiger partial charge in [0.25, 0.3) is 0 Å². The Morgan fingerprint density at radius 2 is 1.68 bits per heavy atom. The fraction of sp³-hybridized carbons (Fsp3) is 0.278. The zero-order chi connectivity index (χ0) is 18.4. The topological polar surface area (TPSA) is 66.5 Å². The van der Waals surface area contributed by atoms with Gasteiger partial charge in [-0.2, -0.15) is 0 Å². The molecule has 0 saturated carbocycles. The summed E-state index contributed by atoms with van der Waals surface area (Å²) in [7, 11) is -3.76. The molecule has 7 heteroatoms. The van der Waals surface area contributed by atoms with Gasteiger partial charge in [0.1, 0.15) is 0 Å². The first-order valence-corrected chi connectivity index (χ1v) is 9.74. The van der Waals surface area contributed by atoms with Crippen molar-refractivity contribution >= 4 is 27.5 Å². The molecule has 0 spiro atoms. The van der Waals surface area contributed by atoms with E-state index < -0.39 is 10.0 Å². The fourth-order valence-corrected chi connectivity index (χ4v) is 3.39. The summed E-state index contributed by atoms with van der Waals surface area (Å²) in [4.78, 5) is 14.2. The van der Waals surface area contributed by atoms with Crippen molar-refractivity contribution in [1.29, 1.82) is 0 Å². The number of rotatable bonds is 7. The van der Waals surface area contributed by atoms with Crippen LogP contribution in [0.4, 0.5) is 0 Å². The van der Waals surface area contributed by atoms with Gasteiger partial charge < -0.3 is 4.90 Å². The van der Waals surface area contributed by atoms with Crippen LogP contribution in [0.15, 0.2) is 59.5 Å². The monoisotopic (exact) mass is 380 g/mol. The van der Waals surface area contributed by atoms with E-state index in [-0.39, 0.29) is 23.4 Å². The number of carbonyl (C=O) groups is 1. The number of hydrogen-bond acceptors (Lipinski definition) is 3. The highest BCUT2D eigenvalue weighted by molar-refractivity contribution is 7.89. The average Bonchev–Trinajstić information content (AvgIpc) is 2.59. The van der Waals surface area contributed by atoms with E-state index in [2.05, 4.69) is 4.72 Å². The van der Waals surface area contributed by atoms with Crippen LogP contribution in [0.5, 0.6) is 0 Å². The van der Waals surface area contributed by atoms with Gasteiger partial charge in [-0.15, -0.1) is 0 Å². The maximum atomic E-state index is 12.5. The molecule has 0 fully saturated rings. The van der Waals surface area contributed by atoms with Crippen LogP contribution in [0.25, 0.3) is 0 Å². The highest BCUT2D eigenvalue weighted by Gasteiger charge is 2.21. The zero-order valence-electron chi connectivity index (χ0n) is 14.1. The Bertz CT molecular complexity index is 806. The SMILES string of the molecule is CC(C)N(Cc1ccccc1)C(=O)CNS(=O)(=O)c1ccc(Cl)cc1. The lowest BCUT2D eigenvalue weighted by atomic mass is 10.2. The van der Waals surface area contributed by atoms with E-state index in [0.29, 0.717) is 11.6 Å². The largest absolute Gasteiger partial charge is 0.335 e. The maximum absolute atomic E-state index is 12.5. The molecule has 0 aliphatic rings. The number of halogens is 1. The second kappa shape index (κ2) is 8.47. The molecule has 1 N–H and O–H groups in total. The molecule has 0 aromatic heterocycles. The summed E-state index contributed by atoms with van der Waals surface area (Å²) in [5.74, 6) is -0.281. The summed E-state index contributed by atoms with van der Waals surface area (Å²) >= 11 is 5.77. The van der Waals surface area contributed by atoms with Gasteiger partial charge in [0.15, 0.2) is 0 Å². The minimum absolute atomic E-state index is 0.0484. The van der Waals surface area contributed by atoms with E-state index in [9.17, 15) is 13.2 Å². The maximum Gasteiger partial charge on any atom is 0.241 e. The van der Waals surface area contributed by atoms with Crippen LogP contribution >= 0.6 is 11.6 Å². The standard InChI is InChI=1S/C18H21ClN2O3S/c1-14(2)21(13-15-6-4-3-5-7-15)18(22)12-20-25(23,24)17-10-8-16(19)9-11-17/h3-11,14,20H,12-13H2,1-2H3. The number of amides is 1. The fourth-order valence-electron chi connectivity index (χ4n) is 2.29. The van der Waals surface area contributed by atoms with Crippen molar-refractivity contribution in [2.24, 2.45) is 0 Å². The Morgan fingerprint density at radius 3 is 2.24 bits per heavy atom. The Kier molecular flexibility index (Phi) is 6.58. The van der Waals surface area contributed by atoms with E-state index in [1.54, 1.807) is 4.90 Å². The molecule has 0 unspecified atom stereocenters. The van der Waals surface area contributed by atoms with Crippen molar-refractivity contribution in [3.05, 3.63) is 65.2 Å². The van der Waals surface area contributed by atoms with Gasteiger partial charge in [-0.05, 0) is 43.7 Å². The Balaban J connectivity index is 2.04. The molecular formula is C18H21ClN2O3S. The van der Waals surface area contributed by atoms with Gasteiger partial charge in [-0.1, -0.05) is 41.9 Å². The summed E-state index contributed by atoms with van der Waals surface area (Å²) < 4.78 is 26.9. The summed E-state index contributed by atoms with van der Waals surface area (Å²) in [5.41, 5.74) is 0.991. The minimum Gasteiger partial charge on any atom is -0.335 e. The second-order valence-electron chi connectivity index (χ2n) is 5.88. The van der Waals surface area contributed by atoms with Gasteiger partial charge in [0.2, 0.25) is 15.9 Å². The molecule has 0 bridgehead atoms. The lowest BCUT2D eigenvalue weighted by molar-refractivity contribution is -0.132. The van der Waals surface area contributed by atoms with E-state index in [1.165, 1.54) is 24.3 Å². The second-order valence-corrected chi connectivity index (χ2v) is 8.08. The van der Waals surface area contributed by atoms with Crippen LogP contribution in [-0.4, -0.2) is 31.8 Å². The van der Waals surface area contributed by atoms with Gasteiger partial charge >= 0.3 is 0 Å². The third-order valence-electron chi connectivity index (χ3n) is 3.68. The number of benzene rings is 2. The molecule has 0 saturated heterocycles. The number of hydrogen-bond donors (Lipinski definition) is 1. The number of carbonyl (C=O) groups excluding carboxylic acids is 1. The van der Waals surface area contributed by atoms with E-state index >= 15 is 0 Å². The minimum atomic E-state index is -3.76. The van der Waals surface area contributed by atoms with Crippen LogP contribution in [0.2, 0.25) is 5.02 Å². The highest BCUT2D eigenvalue weighted by atomic mass is 35.5. The number of nitrogens with one attached hydrogen (secondary N) is 1. The van der Waals surface area contributed by atoms with Crippen LogP contribution in [0, 0.1) is 0 Å². The van der Waals surface area contributed by atoms with Crippen LogP contribution < -0.4 is 4.72 Å². The Hall–Kier alpha value is -1.89. The van der Waals surface area contributed by atoms with E-state index in [1.807, 2.05) is 44.2 Å². The van der Waals surface area contributed by atoms with Crippen molar-refractivity contribution in [3.63, 3.8) is 0 Å². The first-order valence-electron chi connectivity index (χ1n) is 7.88. The lowest BCUT2D eigenvalue weighted by Gasteiger charge is -2.27. The smallest absolute Gasteiger partial charge is 0.241 e.